The number of nitrogens with one attached hydrogen (secondary N) is 2. The van der Waals surface area contributed by atoms with Crippen LogP contribution in [0.1, 0.15) is 13.8 Å². The Morgan fingerprint density at radius 1 is 1.31 bits per heavy atom. The molecule has 0 aliphatic carbocycles. The van der Waals surface area contributed by atoms with Gasteiger partial charge in [0.15, 0.2) is 0 Å². The molecule has 0 radical (unpaired) electrons. The molecule has 0 amide bonds. The van der Waals surface area contributed by atoms with Gasteiger partial charge >= 0.3 is 0 Å². The van der Waals surface area contributed by atoms with E-state index in [0.717, 1.165) is 0 Å². The van der Waals surface area contributed by atoms with Crippen molar-refractivity contribution in [3.63, 3.8) is 0 Å². The molecular formula is C10H14Cl2N4. The summed E-state index contributed by atoms with van der Waals surface area (Å²) >= 11 is 12.0. The van der Waals surface area contributed by atoms with E-state index in [9.17, 15) is 0 Å². The molecule has 4 nitrogen and oxygen atoms in total. The van der Waals surface area contributed by atoms with Crippen LogP contribution in [0.4, 0.5) is 5.69 Å². The Hall–Kier alpha value is -0.970. The number of rotatable bonds is 2. The zero-order chi connectivity index (χ0) is 12.1. The molecule has 1 aromatic carbocycles. The minimum atomic E-state index is 0.111. The molecule has 16 heavy (non-hydrogen) atoms. The molecule has 0 spiro atoms. The number of benzene rings is 1. The molecule has 0 heterocycles. The Balaban J connectivity index is 2.94. The summed E-state index contributed by atoms with van der Waals surface area (Å²) in [6.45, 7) is 3.88. The average molecular weight is 261 g/mol. The molecular weight excluding hydrogens is 247 g/mol. The number of nitrogens with two attached hydrogens (primary N) is 1. The molecule has 0 aromatic heterocycles. The Morgan fingerprint density at radius 3 is 2.31 bits per heavy atom. The van der Waals surface area contributed by atoms with Crippen LogP contribution in [0.15, 0.2) is 23.2 Å². The van der Waals surface area contributed by atoms with Crippen LogP contribution in [-0.2, 0) is 0 Å². The standard InChI is InChI=1S/C10H14Cl2N4/c1-6(2)14-10(16-13)15-9-7(11)4-3-5-8(9)12/h3-6H,13H2,1-2H3,(H2,14,15,16). The predicted octanol–water partition coefficient (Wildman–Crippen LogP) is 2.63. The summed E-state index contributed by atoms with van der Waals surface area (Å²) in [5.41, 5.74) is 3.04. The maximum atomic E-state index is 6.00. The van der Waals surface area contributed by atoms with Gasteiger partial charge in [-0.15, -0.1) is 0 Å². The smallest absolute Gasteiger partial charge is 0.210 e. The molecule has 4 N–H and O–H groups in total. The second-order valence-corrected chi connectivity index (χ2v) is 4.25. The molecule has 0 unspecified atom stereocenters. The minimum Gasteiger partial charge on any atom is -0.323 e. The first-order chi connectivity index (χ1) is 7.54. The maximum Gasteiger partial charge on any atom is 0.210 e. The lowest BCUT2D eigenvalue weighted by Gasteiger charge is -2.12. The van der Waals surface area contributed by atoms with E-state index < -0.39 is 0 Å². The lowest BCUT2D eigenvalue weighted by molar-refractivity contribution is 0.819. The molecule has 88 valence electrons. The summed E-state index contributed by atoms with van der Waals surface area (Å²) in [4.78, 5) is 4.23. The first-order valence-electron chi connectivity index (χ1n) is 4.80. The van der Waals surface area contributed by atoms with Crippen LogP contribution in [0.5, 0.6) is 0 Å². The molecule has 1 rings (SSSR count). The van der Waals surface area contributed by atoms with Crippen molar-refractivity contribution < 1.29 is 0 Å². The van der Waals surface area contributed by atoms with Gasteiger partial charge in [-0.05, 0) is 26.0 Å². The highest BCUT2D eigenvalue weighted by Gasteiger charge is 2.07. The first-order valence-corrected chi connectivity index (χ1v) is 5.55. The van der Waals surface area contributed by atoms with Gasteiger partial charge in [0.25, 0.3) is 0 Å². The second kappa shape index (κ2) is 5.94. The molecule has 1 aromatic rings. The third-order valence-electron chi connectivity index (χ3n) is 1.73. The van der Waals surface area contributed by atoms with E-state index in [-0.39, 0.29) is 6.04 Å². The molecule has 0 aliphatic heterocycles. The molecule has 0 fully saturated rings. The van der Waals surface area contributed by atoms with Gasteiger partial charge in [0, 0.05) is 6.04 Å². The quantitative estimate of drug-likeness (QED) is 0.332. The minimum absolute atomic E-state index is 0.111. The number of halogens is 2. The van der Waals surface area contributed by atoms with E-state index in [2.05, 4.69) is 15.7 Å². The van der Waals surface area contributed by atoms with Crippen molar-refractivity contribution in [3.8, 4) is 0 Å². The Morgan fingerprint density at radius 2 is 1.88 bits per heavy atom. The van der Waals surface area contributed by atoms with Crippen molar-refractivity contribution in [2.24, 2.45) is 10.8 Å². The largest absolute Gasteiger partial charge is 0.323 e. The number of anilines is 1. The van der Waals surface area contributed by atoms with Gasteiger partial charge in [-0.3, -0.25) is 5.43 Å². The van der Waals surface area contributed by atoms with Gasteiger partial charge in [-0.1, -0.05) is 29.3 Å². The van der Waals surface area contributed by atoms with E-state index in [1.165, 1.54) is 0 Å². The van der Waals surface area contributed by atoms with Crippen LogP contribution in [-0.4, -0.2) is 12.0 Å². The van der Waals surface area contributed by atoms with E-state index >= 15 is 0 Å². The molecule has 0 aliphatic rings. The van der Waals surface area contributed by atoms with Crippen molar-refractivity contribution in [2.45, 2.75) is 19.9 Å². The predicted molar refractivity (Wildman–Crippen MR) is 70.0 cm³/mol. The number of hydrogen-bond acceptors (Lipinski definition) is 2. The van der Waals surface area contributed by atoms with E-state index in [1.54, 1.807) is 18.2 Å². The van der Waals surface area contributed by atoms with Gasteiger partial charge in [-0.25, -0.2) is 10.8 Å². The Kier molecular flexibility index (Phi) is 4.86. The number of hydrogen-bond donors (Lipinski definition) is 3. The van der Waals surface area contributed by atoms with Crippen LogP contribution >= 0.6 is 23.2 Å². The maximum absolute atomic E-state index is 6.00. The van der Waals surface area contributed by atoms with E-state index in [1.807, 2.05) is 13.8 Å². The second-order valence-electron chi connectivity index (χ2n) is 3.44. The highest BCUT2D eigenvalue weighted by molar-refractivity contribution is 6.39. The molecule has 0 atom stereocenters. The van der Waals surface area contributed by atoms with E-state index in [0.29, 0.717) is 21.7 Å². The zero-order valence-electron chi connectivity index (χ0n) is 9.09. The number of aliphatic imine (C=N–C) groups is 1. The van der Waals surface area contributed by atoms with Crippen LogP contribution in [0.2, 0.25) is 10.0 Å². The lowest BCUT2D eigenvalue weighted by atomic mass is 10.3. The van der Waals surface area contributed by atoms with Crippen molar-refractivity contribution in [1.82, 2.24) is 5.43 Å². The number of nitrogens with zero attached hydrogens (tertiary/aromatic N) is 1. The van der Waals surface area contributed by atoms with Crippen LogP contribution < -0.4 is 16.6 Å². The van der Waals surface area contributed by atoms with Crippen LogP contribution in [0, 0.1) is 0 Å². The van der Waals surface area contributed by atoms with Crippen LogP contribution in [0.25, 0.3) is 0 Å². The molecule has 0 saturated heterocycles. The third-order valence-corrected chi connectivity index (χ3v) is 2.36. The topological polar surface area (TPSA) is 62.4 Å². The SMILES string of the molecule is CC(C)N=C(NN)Nc1c(Cl)cccc1Cl. The zero-order valence-corrected chi connectivity index (χ0v) is 10.6. The van der Waals surface area contributed by atoms with Crippen molar-refractivity contribution in [3.05, 3.63) is 28.2 Å². The number of para-hydroxylation sites is 1. The van der Waals surface area contributed by atoms with Gasteiger partial charge in [0.05, 0.1) is 15.7 Å². The Bertz CT molecular complexity index is 370. The first kappa shape index (κ1) is 13.1. The third kappa shape index (κ3) is 3.56. The summed E-state index contributed by atoms with van der Waals surface area (Å²) < 4.78 is 0. The summed E-state index contributed by atoms with van der Waals surface area (Å²) in [6.07, 6.45) is 0. The van der Waals surface area contributed by atoms with Crippen molar-refractivity contribution >= 4 is 34.8 Å². The summed E-state index contributed by atoms with van der Waals surface area (Å²) in [5.74, 6) is 5.76. The monoisotopic (exact) mass is 260 g/mol. The van der Waals surface area contributed by atoms with Gasteiger partial charge < -0.3 is 5.32 Å². The fourth-order valence-electron chi connectivity index (χ4n) is 1.10. The highest BCUT2D eigenvalue weighted by atomic mass is 35.5. The van der Waals surface area contributed by atoms with Crippen molar-refractivity contribution in [2.75, 3.05) is 5.32 Å². The van der Waals surface area contributed by atoms with Gasteiger partial charge in [-0.2, -0.15) is 0 Å². The summed E-state index contributed by atoms with van der Waals surface area (Å²) in [7, 11) is 0. The summed E-state index contributed by atoms with van der Waals surface area (Å²) in [5, 5.41) is 3.97. The average Bonchev–Trinajstić information content (AvgIpc) is 2.21. The fraction of sp³-hybridized carbons (Fsp3) is 0.300. The van der Waals surface area contributed by atoms with Crippen LogP contribution in [0.3, 0.4) is 0 Å². The Labute approximate surface area is 105 Å². The molecule has 0 bridgehead atoms. The fourth-order valence-corrected chi connectivity index (χ4v) is 1.59. The molecule has 0 saturated carbocycles. The number of guanidine groups is 1. The molecule has 6 heteroatoms. The normalized spacial score (nSPS) is 11.8. The summed E-state index contributed by atoms with van der Waals surface area (Å²) in [6, 6.07) is 5.35. The van der Waals surface area contributed by atoms with E-state index in [4.69, 9.17) is 29.0 Å². The lowest BCUT2D eigenvalue weighted by Crippen LogP contribution is -2.37. The number of hydrazine groups is 1. The van der Waals surface area contributed by atoms with Gasteiger partial charge in [0.2, 0.25) is 5.96 Å². The van der Waals surface area contributed by atoms with Gasteiger partial charge in [0.1, 0.15) is 0 Å². The van der Waals surface area contributed by atoms with Crippen molar-refractivity contribution in [1.29, 1.82) is 0 Å². The highest BCUT2D eigenvalue weighted by Crippen LogP contribution is 2.29.